The van der Waals surface area contributed by atoms with Crippen molar-refractivity contribution in [3.8, 4) is 0 Å². The van der Waals surface area contributed by atoms with Crippen molar-refractivity contribution in [1.29, 1.82) is 0 Å². The molecule has 3 heteroatoms. The highest BCUT2D eigenvalue weighted by molar-refractivity contribution is 6.38. The van der Waals surface area contributed by atoms with E-state index in [0.717, 1.165) is 0 Å². The van der Waals surface area contributed by atoms with E-state index in [1.54, 1.807) is 36.4 Å². The van der Waals surface area contributed by atoms with Gasteiger partial charge < -0.3 is 5.11 Å². The highest BCUT2D eigenvalue weighted by Crippen LogP contribution is 2.37. The standard InChI is InChI=1S/C15H9FO2/c16-12-8-4-3-7-11(12)13-14(17)9-5-1-2-6-10(9)15(13)18/h1-8,17H. The Labute approximate surface area is 103 Å². The Morgan fingerprint density at radius 1 is 0.833 bits per heavy atom. The second-order valence-corrected chi connectivity index (χ2v) is 4.08. The molecular weight excluding hydrogens is 231 g/mol. The zero-order valence-electron chi connectivity index (χ0n) is 9.35. The van der Waals surface area contributed by atoms with Crippen molar-refractivity contribution in [1.82, 2.24) is 0 Å². The molecule has 1 N–H and O–H groups in total. The van der Waals surface area contributed by atoms with Crippen molar-refractivity contribution >= 4 is 17.1 Å². The summed E-state index contributed by atoms with van der Waals surface area (Å²) in [5.41, 5.74) is 1.04. The summed E-state index contributed by atoms with van der Waals surface area (Å²) >= 11 is 0. The molecule has 18 heavy (non-hydrogen) atoms. The number of hydrogen-bond acceptors (Lipinski definition) is 2. The highest BCUT2D eigenvalue weighted by atomic mass is 19.1. The number of ketones is 1. The maximum absolute atomic E-state index is 13.7. The van der Waals surface area contributed by atoms with E-state index in [-0.39, 0.29) is 22.7 Å². The zero-order valence-corrected chi connectivity index (χ0v) is 9.35. The zero-order chi connectivity index (χ0) is 12.7. The van der Waals surface area contributed by atoms with Crippen LogP contribution in [0.2, 0.25) is 0 Å². The number of carbonyl (C=O) groups is 1. The minimum Gasteiger partial charge on any atom is -0.507 e. The fourth-order valence-corrected chi connectivity index (χ4v) is 2.18. The first-order valence-electron chi connectivity index (χ1n) is 5.52. The topological polar surface area (TPSA) is 37.3 Å². The van der Waals surface area contributed by atoms with Gasteiger partial charge in [-0.15, -0.1) is 0 Å². The molecule has 2 aromatic carbocycles. The van der Waals surface area contributed by atoms with Gasteiger partial charge in [0.05, 0.1) is 5.57 Å². The number of allylic oxidation sites excluding steroid dienone is 1. The third-order valence-electron chi connectivity index (χ3n) is 3.03. The van der Waals surface area contributed by atoms with E-state index >= 15 is 0 Å². The Morgan fingerprint density at radius 3 is 2.00 bits per heavy atom. The van der Waals surface area contributed by atoms with E-state index in [2.05, 4.69) is 0 Å². The van der Waals surface area contributed by atoms with E-state index in [0.29, 0.717) is 11.1 Å². The smallest absolute Gasteiger partial charge is 0.198 e. The van der Waals surface area contributed by atoms with Crippen LogP contribution >= 0.6 is 0 Å². The van der Waals surface area contributed by atoms with Gasteiger partial charge in [0.2, 0.25) is 0 Å². The number of carbonyl (C=O) groups excluding carboxylic acids is 1. The minimum absolute atomic E-state index is 0.0364. The summed E-state index contributed by atoms with van der Waals surface area (Å²) in [6, 6.07) is 12.7. The van der Waals surface area contributed by atoms with Crippen LogP contribution in [0.3, 0.4) is 0 Å². The molecule has 1 aliphatic rings. The van der Waals surface area contributed by atoms with E-state index in [1.807, 2.05) is 0 Å². The molecule has 0 unspecified atom stereocenters. The third kappa shape index (κ3) is 1.37. The summed E-state index contributed by atoms with van der Waals surface area (Å²) in [6.45, 7) is 0. The van der Waals surface area contributed by atoms with Gasteiger partial charge >= 0.3 is 0 Å². The van der Waals surface area contributed by atoms with Crippen LogP contribution in [0.4, 0.5) is 4.39 Å². The lowest BCUT2D eigenvalue weighted by Gasteiger charge is -2.03. The van der Waals surface area contributed by atoms with E-state index in [1.165, 1.54) is 12.1 Å². The first-order chi connectivity index (χ1) is 8.70. The number of rotatable bonds is 1. The molecule has 0 bridgehead atoms. The lowest BCUT2D eigenvalue weighted by atomic mass is 10.0. The van der Waals surface area contributed by atoms with Gasteiger partial charge in [-0.3, -0.25) is 4.79 Å². The lowest BCUT2D eigenvalue weighted by Crippen LogP contribution is -2.00. The number of aliphatic hydroxyl groups is 1. The van der Waals surface area contributed by atoms with Gasteiger partial charge in [0.15, 0.2) is 5.78 Å². The van der Waals surface area contributed by atoms with Crippen LogP contribution in [0.5, 0.6) is 0 Å². The quantitative estimate of drug-likeness (QED) is 0.828. The number of Topliss-reactive ketones (excluding diaryl/α,β-unsaturated/α-hetero) is 1. The predicted molar refractivity (Wildman–Crippen MR) is 66.6 cm³/mol. The number of halogens is 1. The van der Waals surface area contributed by atoms with Crippen molar-refractivity contribution < 1.29 is 14.3 Å². The summed E-state index contributed by atoms with van der Waals surface area (Å²) in [7, 11) is 0. The van der Waals surface area contributed by atoms with Gasteiger partial charge in [0, 0.05) is 16.7 Å². The van der Waals surface area contributed by atoms with Crippen LogP contribution in [0.15, 0.2) is 48.5 Å². The molecule has 0 fully saturated rings. The lowest BCUT2D eigenvalue weighted by molar-refractivity contribution is 0.105. The van der Waals surface area contributed by atoms with Gasteiger partial charge in [-0.05, 0) is 6.07 Å². The molecule has 0 aliphatic heterocycles. The Kier molecular flexibility index (Phi) is 2.27. The number of fused-ring (bicyclic) bond motifs is 1. The molecule has 0 atom stereocenters. The Morgan fingerprint density at radius 2 is 1.39 bits per heavy atom. The Bertz CT molecular complexity index is 686. The average Bonchev–Trinajstić information content (AvgIpc) is 2.64. The summed E-state index contributed by atoms with van der Waals surface area (Å²) in [5.74, 6) is -1.01. The molecule has 1 aliphatic carbocycles. The molecule has 0 aromatic heterocycles. The van der Waals surface area contributed by atoms with E-state index in [9.17, 15) is 14.3 Å². The predicted octanol–water partition coefficient (Wildman–Crippen LogP) is 3.45. The summed E-state index contributed by atoms with van der Waals surface area (Å²) in [6.07, 6.45) is 0. The maximum atomic E-state index is 13.7. The van der Waals surface area contributed by atoms with Crippen LogP contribution in [-0.2, 0) is 0 Å². The Balaban J connectivity index is 2.25. The molecule has 2 nitrogen and oxygen atoms in total. The van der Waals surface area contributed by atoms with Gasteiger partial charge in [-0.1, -0.05) is 42.5 Å². The Hall–Kier alpha value is -2.42. The molecule has 0 saturated heterocycles. The van der Waals surface area contributed by atoms with Crippen molar-refractivity contribution in [3.05, 3.63) is 71.0 Å². The first-order valence-corrected chi connectivity index (χ1v) is 5.52. The third-order valence-corrected chi connectivity index (χ3v) is 3.03. The largest absolute Gasteiger partial charge is 0.507 e. The molecule has 0 radical (unpaired) electrons. The summed E-state index contributed by atoms with van der Waals surface area (Å²) in [5, 5.41) is 10.1. The molecule has 0 spiro atoms. The fraction of sp³-hybridized carbons (Fsp3) is 0. The van der Waals surface area contributed by atoms with Crippen molar-refractivity contribution in [2.75, 3.05) is 0 Å². The molecule has 2 aromatic rings. The second kappa shape index (κ2) is 3.81. The number of aliphatic hydroxyl groups excluding tert-OH is 1. The van der Waals surface area contributed by atoms with E-state index < -0.39 is 5.82 Å². The molecular formula is C15H9FO2. The normalized spacial score (nSPS) is 13.9. The van der Waals surface area contributed by atoms with Gasteiger partial charge in [0.25, 0.3) is 0 Å². The molecule has 0 heterocycles. The van der Waals surface area contributed by atoms with Crippen LogP contribution in [0.25, 0.3) is 11.3 Å². The number of benzene rings is 2. The summed E-state index contributed by atoms with van der Waals surface area (Å²) < 4.78 is 13.7. The van der Waals surface area contributed by atoms with Crippen LogP contribution in [0, 0.1) is 5.82 Å². The molecule has 3 rings (SSSR count). The molecule has 88 valence electrons. The SMILES string of the molecule is O=C1C(c2ccccc2F)=C(O)c2ccccc21. The monoisotopic (exact) mass is 240 g/mol. The van der Waals surface area contributed by atoms with Gasteiger partial charge in [-0.25, -0.2) is 4.39 Å². The van der Waals surface area contributed by atoms with E-state index in [4.69, 9.17) is 0 Å². The molecule has 0 amide bonds. The van der Waals surface area contributed by atoms with Crippen molar-refractivity contribution in [2.24, 2.45) is 0 Å². The van der Waals surface area contributed by atoms with Crippen molar-refractivity contribution in [2.45, 2.75) is 0 Å². The van der Waals surface area contributed by atoms with Crippen LogP contribution in [-0.4, -0.2) is 10.9 Å². The second-order valence-electron chi connectivity index (χ2n) is 4.08. The minimum atomic E-state index is -0.514. The fourth-order valence-electron chi connectivity index (χ4n) is 2.18. The summed E-state index contributed by atoms with van der Waals surface area (Å²) in [4.78, 5) is 12.2. The number of hydrogen-bond donors (Lipinski definition) is 1. The van der Waals surface area contributed by atoms with Gasteiger partial charge in [0.1, 0.15) is 11.6 Å². The van der Waals surface area contributed by atoms with Crippen LogP contribution < -0.4 is 0 Å². The maximum Gasteiger partial charge on any atom is 0.198 e. The van der Waals surface area contributed by atoms with Crippen LogP contribution in [0.1, 0.15) is 21.5 Å². The average molecular weight is 240 g/mol. The van der Waals surface area contributed by atoms with Gasteiger partial charge in [-0.2, -0.15) is 0 Å². The van der Waals surface area contributed by atoms with Crippen molar-refractivity contribution in [3.63, 3.8) is 0 Å². The first kappa shape index (κ1) is 10.7. The highest BCUT2D eigenvalue weighted by Gasteiger charge is 2.31. The molecule has 0 saturated carbocycles.